The van der Waals surface area contributed by atoms with Crippen LogP contribution in [0.2, 0.25) is 0 Å². The van der Waals surface area contributed by atoms with Gasteiger partial charge in [-0.2, -0.15) is 0 Å². The highest BCUT2D eigenvalue weighted by Gasteiger charge is 2.38. The molecule has 0 saturated heterocycles. The van der Waals surface area contributed by atoms with Crippen LogP contribution < -0.4 is 0 Å². The molecule has 1 aromatic carbocycles. The molecule has 0 saturated carbocycles. The van der Waals surface area contributed by atoms with Crippen molar-refractivity contribution >= 4 is 31.9 Å². The summed E-state index contributed by atoms with van der Waals surface area (Å²) >= 11 is 7.01. The second-order valence-corrected chi connectivity index (χ2v) is 6.37. The van der Waals surface area contributed by atoms with Crippen LogP contribution in [0.15, 0.2) is 44.4 Å². The molecule has 0 radical (unpaired) electrons. The van der Waals surface area contributed by atoms with Crippen LogP contribution in [0.25, 0.3) is 0 Å². The van der Waals surface area contributed by atoms with Gasteiger partial charge in [-0.3, -0.25) is 0 Å². The van der Waals surface area contributed by atoms with E-state index in [1.807, 2.05) is 31.2 Å². The molecule has 0 N–H and O–H groups in total. The molecule has 0 aromatic heterocycles. The van der Waals surface area contributed by atoms with Crippen LogP contribution in [-0.2, 0) is 0 Å². The molecule has 0 nitrogen and oxygen atoms in total. The van der Waals surface area contributed by atoms with Crippen molar-refractivity contribution in [2.24, 2.45) is 0 Å². The zero-order valence-corrected chi connectivity index (χ0v) is 13.5. The van der Waals surface area contributed by atoms with Gasteiger partial charge in [-0.25, -0.2) is 4.39 Å². The summed E-state index contributed by atoms with van der Waals surface area (Å²) in [7, 11) is 0. The third-order valence-corrected chi connectivity index (χ3v) is 5.37. The number of rotatable bonds is 0. The lowest BCUT2D eigenvalue weighted by Gasteiger charge is -2.13. The fourth-order valence-electron chi connectivity index (χ4n) is 2.62. The average Bonchev–Trinajstić information content (AvgIpc) is 2.66. The molecule has 2 unspecified atom stereocenters. The van der Waals surface area contributed by atoms with Gasteiger partial charge in [-0.1, -0.05) is 61.9 Å². The Balaban J connectivity index is 2.30. The van der Waals surface area contributed by atoms with Gasteiger partial charge in [0.25, 0.3) is 0 Å². The Hall–Kier alpha value is -0.850. The van der Waals surface area contributed by atoms with Crippen LogP contribution in [0.3, 0.4) is 0 Å². The molecular formula is C16H11Br2F. The monoisotopic (exact) mass is 380 g/mol. The molecule has 2 aliphatic rings. The maximum atomic E-state index is 14.8. The molecule has 0 bridgehead atoms. The number of benzene rings is 1. The van der Waals surface area contributed by atoms with E-state index in [2.05, 4.69) is 43.7 Å². The van der Waals surface area contributed by atoms with Gasteiger partial charge < -0.3 is 0 Å². The summed E-state index contributed by atoms with van der Waals surface area (Å²) in [4.78, 5) is 0. The minimum Gasteiger partial charge on any atom is -0.237 e. The normalized spacial score (nSPS) is 31.3. The van der Waals surface area contributed by atoms with Crippen molar-refractivity contribution in [1.82, 2.24) is 0 Å². The van der Waals surface area contributed by atoms with E-state index in [0.717, 1.165) is 31.2 Å². The van der Waals surface area contributed by atoms with E-state index in [0.29, 0.717) is 6.42 Å². The Morgan fingerprint density at radius 1 is 1.32 bits per heavy atom. The van der Waals surface area contributed by atoms with E-state index in [1.165, 1.54) is 0 Å². The van der Waals surface area contributed by atoms with Crippen LogP contribution in [0.4, 0.5) is 4.39 Å². The number of hydrogen-bond donors (Lipinski definition) is 0. The number of halogens is 3. The van der Waals surface area contributed by atoms with Gasteiger partial charge in [-0.05, 0) is 24.1 Å². The Morgan fingerprint density at radius 3 is 2.89 bits per heavy atom. The Bertz CT molecular complexity index is 674. The average molecular weight is 382 g/mol. The minimum absolute atomic E-state index is 0.138. The molecular weight excluding hydrogens is 371 g/mol. The van der Waals surface area contributed by atoms with Crippen molar-refractivity contribution in [1.29, 1.82) is 0 Å². The van der Waals surface area contributed by atoms with Crippen LogP contribution in [0, 0.1) is 11.8 Å². The SMILES string of the molecule is CC1=C\CC#CC2/C(=C\1Br)C(F)c1c(Br)cccc12. The van der Waals surface area contributed by atoms with E-state index in [4.69, 9.17) is 0 Å². The van der Waals surface area contributed by atoms with Gasteiger partial charge in [0.05, 0.1) is 5.92 Å². The first-order valence-corrected chi connectivity index (χ1v) is 7.67. The van der Waals surface area contributed by atoms with Gasteiger partial charge in [0.1, 0.15) is 0 Å². The zero-order valence-electron chi connectivity index (χ0n) is 10.3. The van der Waals surface area contributed by atoms with Crippen LogP contribution >= 0.6 is 31.9 Å². The Kier molecular flexibility index (Phi) is 3.41. The number of fused-ring (bicyclic) bond motifs is 3. The third-order valence-electron chi connectivity index (χ3n) is 3.59. The van der Waals surface area contributed by atoms with Gasteiger partial charge >= 0.3 is 0 Å². The highest BCUT2D eigenvalue weighted by molar-refractivity contribution is 9.12. The summed E-state index contributed by atoms with van der Waals surface area (Å²) in [6.45, 7) is 1.99. The van der Waals surface area contributed by atoms with E-state index in [-0.39, 0.29) is 5.92 Å². The molecule has 19 heavy (non-hydrogen) atoms. The fourth-order valence-corrected chi connectivity index (χ4v) is 3.79. The molecule has 2 aliphatic carbocycles. The number of hydrogen-bond acceptors (Lipinski definition) is 0. The molecule has 0 fully saturated rings. The lowest BCUT2D eigenvalue weighted by molar-refractivity contribution is 0.399. The number of allylic oxidation sites excluding steroid dienone is 4. The van der Waals surface area contributed by atoms with Gasteiger partial charge in [-0.15, -0.1) is 0 Å². The first-order chi connectivity index (χ1) is 9.11. The number of alkyl halides is 1. The topological polar surface area (TPSA) is 0 Å². The highest BCUT2D eigenvalue weighted by Crippen LogP contribution is 2.52. The van der Waals surface area contributed by atoms with Crippen LogP contribution in [0.5, 0.6) is 0 Å². The minimum atomic E-state index is -1.10. The van der Waals surface area contributed by atoms with Crippen molar-refractivity contribution < 1.29 is 4.39 Å². The second-order valence-electron chi connectivity index (χ2n) is 4.72. The Morgan fingerprint density at radius 2 is 2.11 bits per heavy atom. The van der Waals surface area contributed by atoms with Crippen molar-refractivity contribution in [3.8, 4) is 11.8 Å². The maximum Gasteiger partial charge on any atom is 0.151 e. The van der Waals surface area contributed by atoms with E-state index >= 15 is 0 Å². The van der Waals surface area contributed by atoms with Crippen molar-refractivity contribution in [2.75, 3.05) is 0 Å². The molecule has 3 heteroatoms. The van der Waals surface area contributed by atoms with Gasteiger partial charge in [0.15, 0.2) is 6.17 Å². The summed E-state index contributed by atoms with van der Waals surface area (Å²) in [5.74, 6) is 6.19. The van der Waals surface area contributed by atoms with Crippen LogP contribution in [0.1, 0.15) is 36.6 Å². The molecule has 1 aromatic rings. The van der Waals surface area contributed by atoms with E-state index < -0.39 is 6.17 Å². The molecule has 0 spiro atoms. The maximum absolute atomic E-state index is 14.8. The van der Waals surface area contributed by atoms with Crippen molar-refractivity contribution in [2.45, 2.75) is 25.4 Å². The molecule has 0 aliphatic heterocycles. The Labute approximate surface area is 129 Å². The second kappa shape index (κ2) is 4.92. The van der Waals surface area contributed by atoms with Gasteiger partial charge in [0, 0.05) is 26.5 Å². The predicted octanol–water partition coefficient (Wildman–Crippen LogP) is 5.56. The fraction of sp³-hybridized carbons (Fsp3) is 0.250. The van der Waals surface area contributed by atoms with Gasteiger partial charge in [0.2, 0.25) is 0 Å². The summed E-state index contributed by atoms with van der Waals surface area (Å²) < 4.78 is 16.5. The third kappa shape index (κ3) is 2.02. The zero-order chi connectivity index (χ0) is 13.6. The van der Waals surface area contributed by atoms with Crippen molar-refractivity contribution in [3.63, 3.8) is 0 Å². The molecule has 2 atom stereocenters. The molecule has 0 amide bonds. The summed E-state index contributed by atoms with van der Waals surface area (Å²) in [5, 5.41) is 0. The summed E-state index contributed by atoms with van der Waals surface area (Å²) in [5.41, 5.74) is 3.50. The largest absolute Gasteiger partial charge is 0.237 e. The highest BCUT2D eigenvalue weighted by atomic mass is 79.9. The van der Waals surface area contributed by atoms with E-state index in [1.54, 1.807) is 0 Å². The smallest absolute Gasteiger partial charge is 0.151 e. The molecule has 96 valence electrons. The van der Waals surface area contributed by atoms with E-state index in [9.17, 15) is 4.39 Å². The quantitative estimate of drug-likeness (QED) is 0.516. The molecule has 0 heterocycles. The predicted molar refractivity (Wildman–Crippen MR) is 82.8 cm³/mol. The first kappa shape index (κ1) is 13.1. The lowest BCUT2D eigenvalue weighted by atomic mass is 9.95. The standard InChI is InChI=1S/C16H11Br2F/c1-9-5-2-3-6-11-10-7-4-8-12(17)13(10)16(19)14(11)15(9)18/h4-5,7-8,11,16H,2H2,1H3/b9-5+,15-14-. The molecule has 3 rings (SSSR count). The summed E-state index contributed by atoms with van der Waals surface area (Å²) in [6.07, 6.45) is 1.65. The summed E-state index contributed by atoms with van der Waals surface area (Å²) in [6, 6.07) is 5.80. The first-order valence-electron chi connectivity index (χ1n) is 6.08. The lowest BCUT2D eigenvalue weighted by Crippen LogP contribution is -1.99. The van der Waals surface area contributed by atoms with Crippen LogP contribution in [-0.4, -0.2) is 0 Å². The van der Waals surface area contributed by atoms with Crippen molar-refractivity contribution in [3.05, 3.63) is 55.5 Å².